The minimum atomic E-state index is 0.181. The highest BCUT2D eigenvalue weighted by molar-refractivity contribution is 5.42. The molecule has 0 aliphatic carbocycles. The van der Waals surface area contributed by atoms with Gasteiger partial charge in [0.1, 0.15) is 11.5 Å². The molecule has 21 heavy (non-hydrogen) atoms. The normalized spacial score (nSPS) is 12.2. The van der Waals surface area contributed by atoms with Crippen LogP contribution in [0, 0.1) is 6.92 Å². The van der Waals surface area contributed by atoms with Gasteiger partial charge >= 0.3 is 0 Å². The first-order valence-electron chi connectivity index (χ1n) is 6.97. The van der Waals surface area contributed by atoms with Crippen molar-refractivity contribution >= 4 is 0 Å². The molecule has 0 spiro atoms. The molecule has 0 aliphatic rings. The van der Waals surface area contributed by atoms with Crippen molar-refractivity contribution in [1.29, 1.82) is 0 Å². The SMILES string of the molecule is CCNC(C)c1ccc(OC)cc1OCc1nnc(C)o1. The van der Waals surface area contributed by atoms with Gasteiger partial charge in [-0.3, -0.25) is 0 Å². The summed E-state index contributed by atoms with van der Waals surface area (Å²) in [6.07, 6.45) is 0. The number of benzene rings is 1. The lowest BCUT2D eigenvalue weighted by Crippen LogP contribution is -2.18. The molecule has 2 aromatic rings. The van der Waals surface area contributed by atoms with E-state index in [9.17, 15) is 0 Å². The molecule has 0 aliphatic heterocycles. The van der Waals surface area contributed by atoms with Gasteiger partial charge in [0.2, 0.25) is 5.89 Å². The first-order valence-corrected chi connectivity index (χ1v) is 6.97. The van der Waals surface area contributed by atoms with Gasteiger partial charge in [-0.25, -0.2) is 0 Å². The zero-order chi connectivity index (χ0) is 15.2. The van der Waals surface area contributed by atoms with Crippen molar-refractivity contribution in [3.05, 3.63) is 35.5 Å². The highest BCUT2D eigenvalue weighted by atomic mass is 16.5. The number of aryl methyl sites for hydroxylation is 1. The van der Waals surface area contributed by atoms with Crippen LogP contribution in [0.15, 0.2) is 22.6 Å². The fourth-order valence-electron chi connectivity index (χ4n) is 2.08. The second-order valence-electron chi connectivity index (χ2n) is 4.69. The van der Waals surface area contributed by atoms with Gasteiger partial charge in [0, 0.05) is 24.6 Å². The summed E-state index contributed by atoms with van der Waals surface area (Å²) in [4.78, 5) is 0. The van der Waals surface area contributed by atoms with Gasteiger partial charge in [0.05, 0.1) is 7.11 Å². The van der Waals surface area contributed by atoms with Gasteiger partial charge in [-0.05, 0) is 19.5 Å². The maximum Gasteiger partial charge on any atom is 0.253 e. The van der Waals surface area contributed by atoms with Gasteiger partial charge in [-0.15, -0.1) is 10.2 Å². The van der Waals surface area contributed by atoms with E-state index in [4.69, 9.17) is 13.9 Å². The van der Waals surface area contributed by atoms with Crippen LogP contribution in [-0.2, 0) is 6.61 Å². The van der Waals surface area contributed by atoms with E-state index in [1.807, 2.05) is 18.2 Å². The first kappa shape index (κ1) is 15.3. The minimum absolute atomic E-state index is 0.181. The second-order valence-corrected chi connectivity index (χ2v) is 4.69. The van der Waals surface area contributed by atoms with Crippen LogP contribution >= 0.6 is 0 Å². The quantitative estimate of drug-likeness (QED) is 0.845. The van der Waals surface area contributed by atoms with E-state index in [2.05, 4.69) is 29.4 Å². The molecular weight excluding hydrogens is 270 g/mol. The largest absolute Gasteiger partial charge is 0.497 e. The molecule has 1 aromatic heterocycles. The van der Waals surface area contributed by atoms with Crippen molar-refractivity contribution in [1.82, 2.24) is 15.5 Å². The molecule has 0 amide bonds. The highest BCUT2D eigenvalue weighted by Crippen LogP contribution is 2.30. The third-order valence-electron chi connectivity index (χ3n) is 3.12. The predicted molar refractivity (Wildman–Crippen MR) is 78.5 cm³/mol. The van der Waals surface area contributed by atoms with Gasteiger partial charge < -0.3 is 19.2 Å². The number of nitrogens with zero attached hydrogens (tertiary/aromatic N) is 2. The Morgan fingerprint density at radius 3 is 2.76 bits per heavy atom. The van der Waals surface area contributed by atoms with Crippen molar-refractivity contribution < 1.29 is 13.9 Å². The summed E-state index contributed by atoms with van der Waals surface area (Å²) < 4.78 is 16.4. The van der Waals surface area contributed by atoms with E-state index in [1.54, 1.807) is 14.0 Å². The summed E-state index contributed by atoms with van der Waals surface area (Å²) in [6.45, 7) is 7.03. The number of hydrogen-bond acceptors (Lipinski definition) is 6. The lowest BCUT2D eigenvalue weighted by Gasteiger charge is -2.18. The monoisotopic (exact) mass is 291 g/mol. The Morgan fingerprint density at radius 1 is 1.33 bits per heavy atom. The van der Waals surface area contributed by atoms with E-state index < -0.39 is 0 Å². The van der Waals surface area contributed by atoms with Crippen LogP contribution in [0.2, 0.25) is 0 Å². The Morgan fingerprint density at radius 2 is 2.14 bits per heavy atom. The van der Waals surface area contributed by atoms with Gasteiger partial charge in [-0.1, -0.05) is 13.0 Å². The smallest absolute Gasteiger partial charge is 0.253 e. The molecule has 1 heterocycles. The lowest BCUT2D eigenvalue weighted by molar-refractivity contribution is 0.255. The molecule has 1 atom stereocenters. The molecule has 0 saturated carbocycles. The fraction of sp³-hybridized carbons (Fsp3) is 0.467. The minimum Gasteiger partial charge on any atom is -0.497 e. The van der Waals surface area contributed by atoms with Gasteiger partial charge in [-0.2, -0.15) is 0 Å². The molecule has 1 aromatic carbocycles. The summed E-state index contributed by atoms with van der Waals surface area (Å²) in [7, 11) is 1.63. The summed E-state index contributed by atoms with van der Waals surface area (Å²) in [5.74, 6) is 2.48. The van der Waals surface area contributed by atoms with E-state index in [-0.39, 0.29) is 12.6 Å². The van der Waals surface area contributed by atoms with Crippen LogP contribution < -0.4 is 14.8 Å². The van der Waals surface area contributed by atoms with Crippen LogP contribution in [0.3, 0.4) is 0 Å². The third kappa shape index (κ3) is 3.95. The van der Waals surface area contributed by atoms with Crippen molar-refractivity contribution in [3.8, 4) is 11.5 Å². The molecule has 0 fully saturated rings. The number of aromatic nitrogens is 2. The van der Waals surface area contributed by atoms with Gasteiger partial charge in [0.15, 0.2) is 6.61 Å². The molecule has 6 heteroatoms. The van der Waals surface area contributed by atoms with Crippen molar-refractivity contribution in [2.45, 2.75) is 33.4 Å². The molecule has 2 rings (SSSR count). The molecule has 0 radical (unpaired) electrons. The third-order valence-corrected chi connectivity index (χ3v) is 3.12. The summed E-state index contributed by atoms with van der Waals surface area (Å²) in [5.41, 5.74) is 1.06. The van der Waals surface area contributed by atoms with E-state index in [0.29, 0.717) is 11.8 Å². The maximum absolute atomic E-state index is 5.83. The number of methoxy groups -OCH3 is 1. The molecule has 1 unspecified atom stereocenters. The molecule has 114 valence electrons. The Hall–Kier alpha value is -2.08. The zero-order valence-corrected chi connectivity index (χ0v) is 12.8. The fourth-order valence-corrected chi connectivity index (χ4v) is 2.08. The Balaban J connectivity index is 2.17. The standard InChI is InChI=1S/C15H21N3O3/c1-5-16-10(2)13-7-6-12(19-4)8-14(13)20-9-15-18-17-11(3)21-15/h6-8,10,16H,5,9H2,1-4H3. The Labute approximate surface area is 124 Å². The summed E-state index contributed by atoms with van der Waals surface area (Å²) >= 11 is 0. The highest BCUT2D eigenvalue weighted by Gasteiger charge is 2.13. The second kappa shape index (κ2) is 7.08. The molecule has 0 saturated heterocycles. The number of ether oxygens (including phenoxy) is 2. The Kier molecular flexibility index (Phi) is 5.16. The average Bonchev–Trinajstić information content (AvgIpc) is 2.90. The van der Waals surface area contributed by atoms with E-state index >= 15 is 0 Å². The van der Waals surface area contributed by atoms with Crippen LogP contribution in [0.5, 0.6) is 11.5 Å². The van der Waals surface area contributed by atoms with Crippen molar-refractivity contribution in [2.24, 2.45) is 0 Å². The van der Waals surface area contributed by atoms with E-state index in [0.717, 1.165) is 23.6 Å². The topological polar surface area (TPSA) is 69.4 Å². The summed E-state index contributed by atoms with van der Waals surface area (Å²) in [5, 5.41) is 11.1. The Bertz CT molecular complexity index is 583. The number of nitrogens with one attached hydrogen (secondary N) is 1. The maximum atomic E-state index is 5.83. The summed E-state index contributed by atoms with van der Waals surface area (Å²) in [6, 6.07) is 5.97. The lowest BCUT2D eigenvalue weighted by atomic mass is 10.1. The average molecular weight is 291 g/mol. The molecule has 0 bridgehead atoms. The zero-order valence-electron chi connectivity index (χ0n) is 12.8. The number of rotatable bonds is 7. The molecule has 6 nitrogen and oxygen atoms in total. The number of hydrogen-bond donors (Lipinski definition) is 1. The molecular formula is C15H21N3O3. The van der Waals surface area contributed by atoms with Crippen LogP contribution in [0.4, 0.5) is 0 Å². The molecule has 1 N–H and O–H groups in total. The van der Waals surface area contributed by atoms with Crippen LogP contribution in [0.25, 0.3) is 0 Å². The van der Waals surface area contributed by atoms with Crippen molar-refractivity contribution in [3.63, 3.8) is 0 Å². The predicted octanol–water partition coefficient (Wildman–Crippen LogP) is 2.64. The first-order chi connectivity index (χ1) is 10.1. The van der Waals surface area contributed by atoms with E-state index in [1.165, 1.54) is 0 Å². The van der Waals surface area contributed by atoms with Crippen LogP contribution in [-0.4, -0.2) is 23.9 Å². The van der Waals surface area contributed by atoms with Crippen molar-refractivity contribution in [2.75, 3.05) is 13.7 Å². The van der Waals surface area contributed by atoms with Crippen LogP contribution in [0.1, 0.15) is 37.2 Å². The van der Waals surface area contributed by atoms with Gasteiger partial charge in [0.25, 0.3) is 5.89 Å².